The van der Waals surface area contributed by atoms with Crippen LogP contribution >= 0.6 is 0 Å². The van der Waals surface area contributed by atoms with Gasteiger partial charge in [0.15, 0.2) is 0 Å². The van der Waals surface area contributed by atoms with Crippen molar-refractivity contribution in [2.24, 2.45) is 0 Å². The fourth-order valence-electron chi connectivity index (χ4n) is 6.05. The van der Waals surface area contributed by atoms with Crippen molar-refractivity contribution in [2.75, 3.05) is 17.5 Å². The van der Waals surface area contributed by atoms with E-state index in [-0.39, 0.29) is 35.5 Å². The number of para-hydroxylation sites is 2. The average molecular weight is 654 g/mol. The predicted octanol–water partition coefficient (Wildman–Crippen LogP) is 6.37. The molecule has 0 spiro atoms. The van der Waals surface area contributed by atoms with Crippen molar-refractivity contribution in [3.63, 3.8) is 0 Å². The Balaban J connectivity index is 1.57. The Morgan fingerprint density at radius 3 is 2.00 bits per heavy atom. The minimum Gasteiger partial charge on any atom is -0.492 e. The van der Waals surface area contributed by atoms with Gasteiger partial charge in [-0.05, 0) is 55.2 Å². The number of nitrogens with zero attached hydrogens (tertiary/aromatic N) is 2. The predicted molar refractivity (Wildman–Crippen MR) is 185 cm³/mol. The molecule has 0 heterocycles. The van der Waals surface area contributed by atoms with Crippen LogP contribution in [0.3, 0.4) is 0 Å². The third kappa shape index (κ3) is 8.80. The van der Waals surface area contributed by atoms with Gasteiger partial charge in [-0.2, -0.15) is 0 Å². The Labute approximate surface area is 278 Å². The van der Waals surface area contributed by atoms with Gasteiger partial charge >= 0.3 is 0 Å². The second kappa shape index (κ2) is 16.3. The third-order valence-electron chi connectivity index (χ3n) is 8.46. The van der Waals surface area contributed by atoms with E-state index in [9.17, 15) is 18.0 Å². The first-order valence-electron chi connectivity index (χ1n) is 16.3. The first kappa shape index (κ1) is 33.7. The van der Waals surface area contributed by atoms with E-state index in [0.29, 0.717) is 12.4 Å². The average Bonchev–Trinajstić information content (AvgIpc) is 3.11. The number of carbonyl (C=O) groups is 2. The normalized spacial score (nSPS) is 14.1. The Hall–Kier alpha value is -4.63. The summed E-state index contributed by atoms with van der Waals surface area (Å²) in [7, 11) is -4.22. The van der Waals surface area contributed by atoms with E-state index in [1.165, 1.54) is 17.0 Å². The van der Waals surface area contributed by atoms with Crippen LogP contribution in [0.15, 0.2) is 120 Å². The van der Waals surface area contributed by atoms with Gasteiger partial charge in [0, 0.05) is 19.0 Å². The fraction of sp³-hybridized carbons (Fsp3) is 0.316. The lowest BCUT2D eigenvalue weighted by atomic mass is 9.94. The van der Waals surface area contributed by atoms with Crippen LogP contribution in [0.2, 0.25) is 0 Å². The Kier molecular flexibility index (Phi) is 11.7. The number of carbonyl (C=O) groups excluding carboxylic acids is 2. The molecule has 1 fully saturated rings. The number of hydrogen-bond donors (Lipinski definition) is 1. The van der Waals surface area contributed by atoms with Gasteiger partial charge in [0.25, 0.3) is 10.0 Å². The topological polar surface area (TPSA) is 96.0 Å². The molecule has 0 aromatic heterocycles. The molecule has 1 unspecified atom stereocenters. The lowest BCUT2D eigenvalue weighted by Crippen LogP contribution is -2.55. The van der Waals surface area contributed by atoms with E-state index < -0.39 is 28.5 Å². The zero-order valence-corrected chi connectivity index (χ0v) is 27.6. The van der Waals surface area contributed by atoms with Crippen molar-refractivity contribution in [3.8, 4) is 5.75 Å². The van der Waals surface area contributed by atoms with Crippen molar-refractivity contribution in [2.45, 2.75) is 69.0 Å². The Morgan fingerprint density at radius 1 is 0.787 bits per heavy atom. The van der Waals surface area contributed by atoms with Crippen molar-refractivity contribution in [1.82, 2.24) is 10.2 Å². The molecule has 1 aliphatic rings. The summed E-state index contributed by atoms with van der Waals surface area (Å²) in [6.45, 7) is 1.72. The molecule has 1 N–H and O–H groups in total. The molecule has 1 saturated carbocycles. The van der Waals surface area contributed by atoms with E-state index in [4.69, 9.17) is 4.74 Å². The Morgan fingerprint density at radius 2 is 1.36 bits per heavy atom. The molecule has 0 aliphatic heterocycles. The van der Waals surface area contributed by atoms with E-state index in [2.05, 4.69) is 5.32 Å². The summed E-state index contributed by atoms with van der Waals surface area (Å²) in [5.74, 6) is -0.399. The minimum atomic E-state index is -4.22. The summed E-state index contributed by atoms with van der Waals surface area (Å²) < 4.78 is 35.5. The number of anilines is 1. The standard InChI is InChI=1S/C38H43N3O5S/c1-2-46-36-26-16-15-25-34(36)41(47(44,45)33-23-13-6-14-24-33)29-37(42)40(28-31-19-9-4-10-20-31)35(27-30-17-7-3-8-18-30)38(43)39-32-21-11-5-12-22-32/h3-4,6-10,13-20,23-26,32,35H,2,5,11-12,21-22,27-29H2,1H3,(H,39,43). The molecule has 0 saturated heterocycles. The molecule has 4 aromatic rings. The largest absolute Gasteiger partial charge is 0.492 e. The minimum absolute atomic E-state index is 0.0382. The molecule has 0 bridgehead atoms. The van der Waals surface area contributed by atoms with Gasteiger partial charge < -0.3 is 15.0 Å². The highest BCUT2D eigenvalue weighted by Crippen LogP contribution is 2.33. The number of nitrogens with one attached hydrogen (secondary N) is 1. The molecule has 47 heavy (non-hydrogen) atoms. The van der Waals surface area contributed by atoms with Crippen LogP contribution in [0.25, 0.3) is 0 Å². The smallest absolute Gasteiger partial charge is 0.264 e. The first-order valence-corrected chi connectivity index (χ1v) is 17.8. The quantitative estimate of drug-likeness (QED) is 0.171. The summed E-state index contributed by atoms with van der Waals surface area (Å²) >= 11 is 0. The monoisotopic (exact) mass is 653 g/mol. The van der Waals surface area contributed by atoms with Gasteiger partial charge in [-0.15, -0.1) is 0 Å². The summed E-state index contributed by atoms with van der Waals surface area (Å²) in [6, 6.07) is 33.1. The molecule has 9 heteroatoms. The van der Waals surface area contributed by atoms with Crippen molar-refractivity contribution in [3.05, 3.63) is 126 Å². The van der Waals surface area contributed by atoms with Gasteiger partial charge in [0.2, 0.25) is 11.8 Å². The number of benzene rings is 4. The number of rotatable bonds is 14. The van der Waals surface area contributed by atoms with Crippen LogP contribution in [0, 0.1) is 0 Å². The van der Waals surface area contributed by atoms with E-state index >= 15 is 0 Å². The van der Waals surface area contributed by atoms with E-state index in [0.717, 1.165) is 47.5 Å². The maximum Gasteiger partial charge on any atom is 0.264 e. The van der Waals surface area contributed by atoms with Crippen LogP contribution in [0.1, 0.15) is 50.2 Å². The molecule has 0 radical (unpaired) electrons. The molecular formula is C38H43N3O5S. The van der Waals surface area contributed by atoms with E-state index in [1.54, 1.807) is 42.5 Å². The zero-order chi connectivity index (χ0) is 33.1. The summed E-state index contributed by atoms with van der Waals surface area (Å²) in [4.78, 5) is 30.5. The van der Waals surface area contributed by atoms with Gasteiger partial charge in [-0.25, -0.2) is 8.42 Å². The molecule has 5 rings (SSSR count). The summed E-state index contributed by atoms with van der Waals surface area (Å²) in [5.41, 5.74) is 1.98. The molecule has 4 aromatic carbocycles. The van der Waals surface area contributed by atoms with Crippen molar-refractivity contribution >= 4 is 27.5 Å². The van der Waals surface area contributed by atoms with Crippen molar-refractivity contribution < 1.29 is 22.7 Å². The lowest BCUT2D eigenvalue weighted by molar-refractivity contribution is -0.140. The van der Waals surface area contributed by atoms with Crippen LogP contribution in [-0.4, -0.2) is 50.4 Å². The van der Waals surface area contributed by atoms with Crippen LogP contribution in [0.5, 0.6) is 5.75 Å². The van der Waals surface area contributed by atoms with Crippen LogP contribution in [0.4, 0.5) is 5.69 Å². The highest BCUT2D eigenvalue weighted by Gasteiger charge is 2.36. The highest BCUT2D eigenvalue weighted by atomic mass is 32.2. The van der Waals surface area contributed by atoms with Crippen LogP contribution in [-0.2, 0) is 32.6 Å². The Bertz CT molecular complexity index is 1700. The molecule has 2 amide bonds. The number of amides is 2. The first-order chi connectivity index (χ1) is 22.9. The van der Waals surface area contributed by atoms with Gasteiger partial charge in [-0.3, -0.25) is 13.9 Å². The zero-order valence-electron chi connectivity index (χ0n) is 26.8. The maximum absolute atomic E-state index is 14.7. The summed E-state index contributed by atoms with van der Waals surface area (Å²) in [5, 5.41) is 3.24. The molecule has 1 aliphatic carbocycles. The third-order valence-corrected chi connectivity index (χ3v) is 10.2. The second-order valence-corrected chi connectivity index (χ2v) is 13.6. The second-order valence-electron chi connectivity index (χ2n) is 11.8. The number of hydrogen-bond acceptors (Lipinski definition) is 5. The molecule has 8 nitrogen and oxygen atoms in total. The van der Waals surface area contributed by atoms with Gasteiger partial charge in [-0.1, -0.05) is 110 Å². The number of ether oxygens (including phenoxy) is 1. The number of sulfonamides is 1. The van der Waals surface area contributed by atoms with Crippen molar-refractivity contribution in [1.29, 1.82) is 0 Å². The SMILES string of the molecule is CCOc1ccccc1N(CC(=O)N(Cc1ccccc1)C(Cc1ccccc1)C(=O)NC1CCCCC1)S(=O)(=O)c1ccccc1. The molecular weight excluding hydrogens is 611 g/mol. The van der Waals surface area contributed by atoms with Crippen LogP contribution < -0.4 is 14.4 Å². The van der Waals surface area contributed by atoms with E-state index in [1.807, 2.05) is 67.6 Å². The van der Waals surface area contributed by atoms with Gasteiger partial charge in [0.05, 0.1) is 17.2 Å². The fourth-order valence-corrected chi connectivity index (χ4v) is 7.50. The highest BCUT2D eigenvalue weighted by molar-refractivity contribution is 7.92. The maximum atomic E-state index is 14.7. The van der Waals surface area contributed by atoms with Gasteiger partial charge in [0.1, 0.15) is 18.3 Å². The summed E-state index contributed by atoms with van der Waals surface area (Å²) in [6.07, 6.45) is 5.31. The lowest BCUT2D eigenvalue weighted by Gasteiger charge is -2.35. The molecule has 246 valence electrons. The molecule has 1 atom stereocenters.